The number of rotatable bonds is 6. The van der Waals surface area contributed by atoms with Crippen LogP contribution in [0.3, 0.4) is 0 Å². The second kappa shape index (κ2) is 7.02. The van der Waals surface area contributed by atoms with Gasteiger partial charge in [0, 0.05) is 25.4 Å². The Morgan fingerprint density at radius 1 is 1.08 bits per heavy atom. The first kappa shape index (κ1) is 15.8. The molecule has 8 heteroatoms. The summed E-state index contributed by atoms with van der Waals surface area (Å²) in [6.07, 6.45) is 2.02. The fourth-order valence-corrected chi connectivity index (χ4v) is 2.78. The molecule has 0 spiro atoms. The first-order valence-electron chi connectivity index (χ1n) is 8.19. The predicted molar refractivity (Wildman–Crippen MR) is 86.2 cm³/mol. The van der Waals surface area contributed by atoms with Crippen LogP contribution in [0.2, 0.25) is 0 Å². The number of aromatic nitrogens is 4. The highest BCUT2D eigenvalue weighted by Gasteiger charge is 2.23. The minimum atomic E-state index is 0.234. The van der Waals surface area contributed by atoms with Crippen molar-refractivity contribution in [2.75, 3.05) is 20.3 Å². The van der Waals surface area contributed by atoms with Crippen molar-refractivity contribution in [2.45, 2.75) is 25.2 Å². The number of methoxy groups -OCH3 is 1. The van der Waals surface area contributed by atoms with Gasteiger partial charge in [0.15, 0.2) is 5.82 Å². The van der Waals surface area contributed by atoms with E-state index in [1.807, 2.05) is 24.3 Å². The van der Waals surface area contributed by atoms with Crippen LogP contribution >= 0.6 is 0 Å². The maximum atomic E-state index is 5.35. The van der Waals surface area contributed by atoms with Gasteiger partial charge >= 0.3 is 0 Å². The summed E-state index contributed by atoms with van der Waals surface area (Å²) in [6.45, 7) is 1.41. The molecule has 2 aromatic heterocycles. The van der Waals surface area contributed by atoms with Gasteiger partial charge in [-0.25, -0.2) is 0 Å². The molecule has 8 nitrogen and oxygen atoms in total. The van der Waals surface area contributed by atoms with Gasteiger partial charge in [-0.1, -0.05) is 22.4 Å². The molecule has 1 aliphatic rings. The molecule has 4 rings (SSSR count). The molecule has 1 saturated heterocycles. The Labute approximate surface area is 144 Å². The Kier molecular flexibility index (Phi) is 4.43. The van der Waals surface area contributed by atoms with E-state index >= 15 is 0 Å². The molecule has 1 unspecified atom stereocenters. The average Bonchev–Trinajstić information content (AvgIpc) is 3.40. The SMILES string of the molecule is COc1ccccc1-c1noc(CCc2nc(C3CCOC3)no2)n1. The maximum absolute atomic E-state index is 5.35. The second-order valence-electron chi connectivity index (χ2n) is 5.82. The van der Waals surface area contributed by atoms with Gasteiger partial charge in [0.25, 0.3) is 0 Å². The van der Waals surface area contributed by atoms with Gasteiger partial charge in [0.2, 0.25) is 17.6 Å². The van der Waals surface area contributed by atoms with E-state index in [2.05, 4.69) is 20.3 Å². The van der Waals surface area contributed by atoms with Crippen molar-refractivity contribution < 1.29 is 18.5 Å². The molecule has 0 radical (unpaired) electrons. The van der Waals surface area contributed by atoms with Crippen LogP contribution in [0.1, 0.15) is 29.9 Å². The fraction of sp³-hybridized carbons (Fsp3) is 0.412. The van der Waals surface area contributed by atoms with E-state index in [-0.39, 0.29) is 5.92 Å². The van der Waals surface area contributed by atoms with Crippen molar-refractivity contribution in [1.82, 2.24) is 20.3 Å². The van der Waals surface area contributed by atoms with Crippen LogP contribution in [0.15, 0.2) is 33.3 Å². The van der Waals surface area contributed by atoms with E-state index < -0.39 is 0 Å². The molecule has 1 aromatic carbocycles. The predicted octanol–water partition coefficient (Wildman–Crippen LogP) is 2.42. The zero-order chi connectivity index (χ0) is 17.1. The highest BCUT2D eigenvalue weighted by atomic mass is 16.5. The van der Waals surface area contributed by atoms with Crippen molar-refractivity contribution in [1.29, 1.82) is 0 Å². The lowest BCUT2D eigenvalue weighted by Crippen LogP contribution is -2.00. The molecule has 0 bridgehead atoms. The topological polar surface area (TPSA) is 96.3 Å². The number of aryl methyl sites for hydroxylation is 2. The van der Waals surface area contributed by atoms with Gasteiger partial charge in [-0.3, -0.25) is 0 Å². The van der Waals surface area contributed by atoms with Gasteiger partial charge < -0.3 is 18.5 Å². The third-order valence-corrected chi connectivity index (χ3v) is 4.15. The monoisotopic (exact) mass is 342 g/mol. The molecule has 0 amide bonds. The molecule has 1 aliphatic heterocycles. The van der Waals surface area contributed by atoms with Crippen LogP contribution in [-0.2, 0) is 17.6 Å². The molecular formula is C17H18N4O4. The number of nitrogens with zero attached hydrogens (tertiary/aromatic N) is 4. The number of hydrogen-bond donors (Lipinski definition) is 0. The van der Waals surface area contributed by atoms with Crippen LogP contribution in [0.25, 0.3) is 11.4 Å². The minimum absolute atomic E-state index is 0.234. The molecule has 3 aromatic rings. The third-order valence-electron chi connectivity index (χ3n) is 4.15. The third kappa shape index (κ3) is 3.39. The Morgan fingerprint density at radius 2 is 1.88 bits per heavy atom. The summed E-state index contributed by atoms with van der Waals surface area (Å²) in [5.74, 6) is 3.24. The van der Waals surface area contributed by atoms with E-state index in [1.54, 1.807) is 7.11 Å². The molecular weight excluding hydrogens is 324 g/mol. The lowest BCUT2D eigenvalue weighted by Gasteiger charge is -2.02. The maximum Gasteiger partial charge on any atom is 0.227 e. The van der Waals surface area contributed by atoms with Gasteiger partial charge in [0.05, 0.1) is 19.3 Å². The van der Waals surface area contributed by atoms with Crippen molar-refractivity contribution in [3.05, 3.63) is 41.9 Å². The lowest BCUT2D eigenvalue weighted by molar-refractivity contribution is 0.192. The largest absolute Gasteiger partial charge is 0.496 e. The zero-order valence-corrected chi connectivity index (χ0v) is 13.8. The highest BCUT2D eigenvalue weighted by Crippen LogP contribution is 2.27. The van der Waals surface area contributed by atoms with Crippen LogP contribution in [0, 0.1) is 0 Å². The van der Waals surface area contributed by atoms with Gasteiger partial charge in [-0.05, 0) is 18.6 Å². The Balaban J connectivity index is 1.41. The number of para-hydroxylation sites is 1. The zero-order valence-electron chi connectivity index (χ0n) is 13.8. The molecule has 0 N–H and O–H groups in total. The van der Waals surface area contributed by atoms with Crippen molar-refractivity contribution in [3.63, 3.8) is 0 Å². The van der Waals surface area contributed by atoms with Crippen molar-refractivity contribution in [2.24, 2.45) is 0 Å². The first-order chi connectivity index (χ1) is 12.3. The van der Waals surface area contributed by atoms with E-state index in [9.17, 15) is 0 Å². The molecule has 0 saturated carbocycles. The Hall–Kier alpha value is -2.74. The highest BCUT2D eigenvalue weighted by molar-refractivity contribution is 5.63. The average molecular weight is 342 g/mol. The summed E-state index contributed by atoms with van der Waals surface area (Å²) >= 11 is 0. The van der Waals surface area contributed by atoms with E-state index in [0.29, 0.717) is 48.6 Å². The molecule has 25 heavy (non-hydrogen) atoms. The summed E-state index contributed by atoms with van der Waals surface area (Å²) in [4.78, 5) is 8.85. The fourth-order valence-electron chi connectivity index (χ4n) is 2.78. The van der Waals surface area contributed by atoms with Crippen LogP contribution in [0.5, 0.6) is 5.75 Å². The quantitative estimate of drug-likeness (QED) is 0.674. The summed E-state index contributed by atoms with van der Waals surface area (Å²) < 4.78 is 21.3. The number of benzene rings is 1. The van der Waals surface area contributed by atoms with Crippen LogP contribution < -0.4 is 4.74 Å². The number of hydrogen-bond acceptors (Lipinski definition) is 8. The Bertz CT molecular complexity index is 839. The molecule has 0 aliphatic carbocycles. The first-order valence-corrected chi connectivity index (χ1v) is 8.19. The molecule has 1 atom stereocenters. The minimum Gasteiger partial charge on any atom is -0.496 e. The summed E-state index contributed by atoms with van der Waals surface area (Å²) in [5, 5.41) is 8.06. The summed E-state index contributed by atoms with van der Waals surface area (Å²) in [7, 11) is 1.61. The molecule has 130 valence electrons. The van der Waals surface area contributed by atoms with E-state index in [0.717, 1.165) is 18.6 Å². The van der Waals surface area contributed by atoms with Gasteiger partial charge in [-0.15, -0.1) is 0 Å². The van der Waals surface area contributed by atoms with Gasteiger partial charge in [-0.2, -0.15) is 9.97 Å². The van der Waals surface area contributed by atoms with Crippen LogP contribution in [-0.4, -0.2) is 40.6 Å². The lowest BCUT2D eigenvalue weighted by atomic mass is 10.1. The van der Waals surface area contributed by atoms with E-state index in [4.69, 9.17) is 18.5 Å². The van der Waals surface area contributed by atoms with E-state index in [1.165, 1.54) is 0 Å². The van der Waals surface area contributed by atoms with Gasteiger partial charge in [0.1, 0.15) is 5.75 Å². The van der Waals surface area contributed by atoms with Crippen molar-refractivity contribution in [3.8, 4) is 17.1 Å². The molecule has 1 fully saturated rings. The second-order valence-corrected chi connectivity index (χ2v) is 5.82. The molecule has 3 heterocycles. The Morgan fingerprint density at radius 3 is 2.68 bits per heavy atom. The standard InChI is InChI=1S/C17H18N4O4/c1-22-13-5-3-2-4-12(13)17-19-15(25-21-17)7-6-14-18-16(20-24-14)11-8-9-23-10-11/h2-5,11H,6-10H2,1H3. The summed E-state index contributed by atoms with van der Waals surface area (Å²) in [6, 6.07) is 7.55. The normalized spacial score (nSPS) is 17.1. The van der Waals surface area contributed by atoms with Crippen LogP contribution in [0.4, 0.5) is 0 Å². The summed E-state index contributed by atoms with van der Waals surface area (Å²) in [5.41, 5.74) is 0.793. The van der Waals surface area contributed by atoms with Crippen molar-refractivity contribution >= 4 is 0 Å². The smallest absolute Gasteiger partial charge is 0.227 e. The number of ether oxygens (including phenoxy) is 2.